The highest BCUT2D eigenvalue weighted by molar-refractivity contribution is 5.56. The molecule has 2 aromatic heterocycles. The highest BCUT2D eigenvalue weighted by Gasteiger charge is 2.36. The van der Waals surface area contributed by atoms with Crippen molar-refractivity contribution in [3.63, 3.8) is 0 Å². The summed E-state index contributed by atoms with van der Waals surface area (Å²) in [4.78, 5) is 39.9. The molecule has 1 N–H and O–H groups in total. The smallest absolute Gasteiger partial charge is 0.275 e. The van der Waals surface area contributed by atoms with E-state index in [1.807, 2.05) is 12.1 Å². The van der Waals surface area contributed by atoms with E-state index in [1.165, 1.54) is 27.6 Å². The lowest BCUT2D eigenvalue weighted by molar-refractivity contribution is -0.385. The van der Waals surface area contributed by atoms with Gasteiger partial charge in [0.05, 0.1) is 33.3 Å². The third kappa shape index (κ3) is 4.06. The van der Waals surface area contributed by atoms with Gasteiger partial charge in [-0.15, -0.1) is 0 Å². The third-order valence-electron chi connectivity index (χ3n) is 7.29. The first-order valence-corrected chi connectivity index (χ1v) is 12.3. The molecule has 5 rings (SSSR count). The molecular formula is C29H27N5O5. The van der Waals surface area contributed by atoms with Gasteiger partial charge in [-0.25, -0.2) is 9.36 Å². The van der Waals surface area contributed by atoms with Crippen LogP contribution in [0.25, 0.3) is 11.4 Å². The van der Waals surface area contributed by atoms with E-state index in [9.17, 15) is 24.8 Å². The molecule has 10 nitrogen and oxygen atoms in total. The number of para-hydroxylation sites is 2. The van der Waals surface area contributed by atoms with Gasteiger partial charge in [0, 0.05) is 37.1 Å². The van der Waals surface area contributed by atoms with Crippen molar-refractivity contribution in [2.75, 3.05) is 0 Å². The lowest BCUT2D eigenvalue weighted by atomic mass is 9.84. The number of hydrogen-bond acceptors (Lipinski definition) is 5. The molecule has 0 unspecified atom stereocenters. The van der Waals surface area contributed by atoms with Gasteiger partial charge in [0.25, 0.3) is 16.8 Å². The molecule has 0 amide bonds. The number of phenols is 1. The van der Waals surface area contributed by atoms with Crippen molar-refractivity contribution in [2.24, 2.45) is 14.1 Å². The van der Waals surface area contributed by atoms with E-state index < -0.39 is 22.0 Å². The lowest BCUT2D eigenvalue weighted by Gasteiger charge is -2.17. The SMILES string of the molecule is Cc1c(C(c2cc(O)ccc2[N+](=O)[O-])c2c(C)n(C)n(-c3ccccc3)c2=O)c(=O)n(-c2ccccc2)n1C. The zero-order valence-electron chi connectivity index (χ0n) is 21.9. The van der Waals surface area contributed by atoms with E-state index in [-0.39, 0.29) is 28.1 Å². The average molecular weight is 526 g/mol. The molecule has 0 atom stereocenters. The maximum absolute atomic E-state index is 14.1. The average Bonchev–Trinajstić information content (AvgIpc) is 3.28. The second-order valence-electron chi connectivity index (χ2n) is 9.38. The maximum Gasteiger partial charge on any atom is 0.275 e. The Bertz CT molecular complexity index is 1720. The second-order valence-corrected chi connectivity index (χ2v) is 9.38. The number of phenolic OH excluding ortho intramolecular Hbond substituents is 1. The summed E-state index contributed by atoms with van der Waals surface area (Å²) in [5, 5.41) is 22.6. The number of benzene rings is 3. The highest BCUT2D eigenvalue weighted by Crippen LogP contribution is 2.39. The van der Waals surface area contributed by atoms with Crippen LogP contribution in [0.3, 0.4) is 0 Å². The van der Waals surface area contributed by atoms with E-state index >= 15 is 0 Å². The van der Waals surface area contributed by atoms with Crippen LogP contribution < -0.4 is 11.1 Å². The van der Waals surface area contributed by atoms with Gasteiger partial charge in [-0.2, -0.15) is 0 Å². The van der Waals surface area contributed by atoms with E-state index in [1.54, 1.807) is 85.8 Å². The van der Waals surface area contributed by atoms with Crippen molar-refractivity contribution in [1.82, 2.24) is 18.7 Å². The van der Waals surface area contributed by atoms with Crippen LogP contribution >= 0.6 is 0 Å². The van der Waals surface area contributed by atoms with Gasteiger partial charge in [-0.05, 0) is 50.2 Å². The minimum absolute atomic E-state index is 0.0528. The molecule has 0 aliphatic heterocycles. The Kier molecular flexibility index (Phi) is 6.31. The van der Waals surface area contributed by atoms with Gasteiger partial charge in [-0.1, -0.05) is 36.4 Å². The molecule has 2 heterocycles. The zero-order chi connectivity index (χ0) is 28.0. The second kappa shape index (κ2) is 9.64. The molecule has 3 aromatic carbocycles. The predicted octanol–water partition coefficient (Wildman–Crippen LogP) is 4.08. The minimum atomic E-state index is -1.13. The number of nitrogens with zero attached hydrogens (tertiary/aromatic N) is 5. The lowest BCUT2D eigenvalue weighted by Crippen LogP contribution is -2.26. The molecule has 0 saturated heterocycles. The fourth-order valence-corrected chi connectivity index (χ4v) is 5.24. The van der Waals surface area contributed by atoms with E-state index in [2.05, 4.69) is 0 Å². The fourth-order valence-electron chi connectivity index (χ4n) is 5.24. The molecule has 0 fully saturated rings. The summed E-state index contributed by atoms with van der Waals surface area (Å²) in [6.45, 7) is 3.48. The molecule has 0 bridgehead atoms. The number of nitro groups is 1. The number of rotatable bonds is 6. The molecule has 0 aliphatic carbocycles. The van der Waals surface area contributed by atoms with Crippen molar-refractivity contribution >= 4 is 5.69 Å². The van der Waals surface area contributed by atoms with Gasteiger partial charge in [-0.3, -0.25) is 29.1 Å². The Labute approximate surface area is 223 Å². The Morgan fingerprint density at radius 3 is 1.59 bits per heavy atom. The molecule has 10 heteroatoms. The van der Waals surface area contributed by atoms with Crippen LogP contribution in [0, 0.1) is 24.0 Å². The Morgan fingerprint density at radius 2 is 1.18 bits per heavy atom. The topological polar surface area (TPSA) is 117 Å². The van der Waals surface area contributed by atoms with Crippen LogP contribution in [-0.4, -0.2) is 28.8 Å². The summed E-state index contributed by atoms with van der Waals surface area (Å²) in [6.07, 6.45) is 0. The Hall–Kier alpha value is -5.12. The summed E-state index contributed by atoms with van der Waals surface area (Å²) in [5.74, 6) is -1.35. The fraction of sp³-hybridized carbons (Fsp3) is 0.172. The van der Waals surface area contributed by atoms with Gasteiger partial charge >= 0.3 is 0 Å². The van der Waals surface area contributed by atoms with Crippen molar-refractivity contribution in [3.05, 3.63) is 138 Å². The van der Waals surface area contributed by atoms with Crippen molar-refractivity contribution in [2.45, 2.75) is 19.8 Å². The van der Waals surface area contributed by atoms with Gasteiger partial charge in [0.15, 0.2) is 0 Å². The monoisotopic (exact) mass is 525 g/mol. The first kappa shape index (κ1) is 25.5. The number of aromatic nitrogens is 4. The normalized spacial score (nSPS) is 11.3. The minimum Gasteiger partial charge on any atom is -0.508 e. The summed E-state index contributed by atoms with van der Waals surface area (Å²) in [6, 6.07) is 21.7. The molecule has 0 saturated carbocycles. The first-order valence-electron chi connectivity index (χ1n) is 12.3. The Balaban J connectivity index is 1.91. The number of hydrogen-bond donors (Lipinski definition) is 1. The molecule has 0 radical (unpaired) electrons. The van der Waals surface area contributed by atoms with E-state index in [4.69, 9.17) is 0 Å². The molecular weight excluding hydrogens is 498 g/mol. The third-order valence-corrected chi connectivity index (χ3v) is 7.29. The molecule has 5 aromatic rings. The first-order chi connectivity index (χ1) is 18.6. The zero-order valence-corrected chi connectivity index (χ0v) is 21.9. The summed E-state index contributed by atoms with van der Waals surface area (Å²) in [7, 11) is 3.45. The molecule has 39 heavy (non-hydrogen) atoms. The number of nitro benzene ring substituents is 1. The summed E-state index contributed by atoms with van der Waals surface area (Å²) in [5.41, 5.74) is 1.60. The van der Waals surface area contributed by atoms with Crippen LogP contribution in [0.5, 0.6) is 5.75 Å². The molecule has 0 aliphatic rings. The van der Waals surface area contributed by atoms with E-state index in [0.29, 0.717) is 22.8 Å². The van der Waals surface area contributed by atoms with Crippen LogP contribution in [0.15, 0.2) is 88.5 Å². The quantitative estimate of drug-likeness (QED) is 0.265. The molecule has 198 valence electrons. The van der Waals surface area contributed by atoms with Crippen LogP contribution in [0.2, 0.25) is 0 Å². The van der Waals surface area contributed by atoms with Crippen molar-refractivity contribution in [3.8, 4) is 17.1 Å². The number of aromatic hydroxyl groups is 1. The van der Waals surface area contributed by atoms with Gasteiger partial charge in [0.2, 0.25) is 0 Å². The van der Waals surface area contributed by atoms with Gasteiger partial charge in [0.1, 0.15) is 5.75 Å². The highest BCUT2D eigenvalue weighted by atomic mass is 16.6. The maximum atomic E-state index is 14.1. The Morgan fingerprint density at radius 1 is 0.744 bits per heavy atom. The van der Waals surface area contributed by atoms with Crippen molar-refractivity contribution in [1.29, 1.82) is 0 Å². The molecule has 0 spiro atoms. The van der Waals surface area contributed by atoms with E-state index in [0.717, 1.165) is 0 Å². The summed E-state index contributed by atoms with van der Waals surface area (Å²) < 4.78 is 6.28. The van der Waals surface area contributed by atoms with Crippen LogP contribution in [0.4, 0.5) is 5.69 Å². The summed E-state index contributed by atoms with van der Waals surface area (Å²) >= 11 is 0. The largest absolute Gasteiger partial charge is 0.508 e. The van der Waals surface area contributed by atoms with Crippen molar-refractivity contribution < 1.29 is 10.0 Å². The van der Waals surface area contributed by atoms with Crippen LogP contribution in [-0.2, 0) is 14.1 Å². The van der Waals surface area contributed by atoms with Crippen LogP contribution in [0.1, 0.15) is 34.0 Å². The predicted molar refractivity (Wildman–Crippen MR) is 147 cm³/mol. The standard InChI is InChI=1S/C29H27N5O5/c1-18-25(28(36)32(30(18)3)20-11-7-5-8-12-20)27(23-17-22(35)15-16-24(23)34(38)39)26-19(2)31(4)33(29(26)37)21-13-9-6-10-14-21/h5-17,27,35H,1-4H3. The van der Waals surface area contributed by atoms with Gasteiger partial charge < -0.3 is 5.11 Å².